The number of aliphatic hydroxyl groups is 1. The molecule has 0 bridgehead atoms. The molecule has 6 heteroatoms. The van der Waals surface area contributed by atoms with Gasteiger partial charge in [0, 0.05) is 6.92 Å². The van der Waals surface area contributed by atoms with Crippen LogP contribution in [0.2, 0.25) is 0 Å². The summed E-state index contributed by atoms with van der Waals surface area (Å²) in [5, 5.41) is 18.7. The molecule has 108 valence electrons. The largest absolute Gasteiger partial charge is 0.478 e. The molecule has 0 amide bonds. The number of carboxylic acids is 1. The van der Waals surface area contributed by atoms with Gasteiger partial charge in [-0.2, -0.15) is 0 Å². The fourth-order valence-corrected chi connectivity index (χ4v) is 1.37. The van der Waals surface area contributed by atoms with Crippen LogP contribution in [-0.2, 0) is 9.47 Å². The van der Waals surface area contributed by atoms with Gasteiger partial charge in [0.25, 0.3) is 0 Å². The Balaban J connectivity index is 2.75. The van der Waals surface area contributed by atoms with E-state index in [4.69, 9.17) is 14.6 Å². The summed E-state index contributed by atoms with van der Waals surface area (Å²) in [6.07, 6.45) is 2.83. The van der Waals surface area contributed by atoms with Gasteiger partial charge in [0.15, 0.2) is 6.61 Å². The zero-order chi connectivity index (χ0) is 15.2. The normalized spacial score (nSPS) is 13.8. The summed E-state index contributed by atoms with van der Waals surface area (Å²) in [6.45, 7) is 2.60. The lowest BCUT2D eigenvalue weighted by Gasteiger charge is -2.22. The predicted molar refractivity (Wildman–Crippen MR) is 70.2 cm³/mol. The molecule has 20 heavy (non-hydrogen) atoms. The molecule has 0 radical (unpaired) electrons. The SMILES string of the molecule is CC=COC(C)(O)COC(=O)c1ccccc1C(=O)O. The number of hydrogen-bond donors (Lipinski definition) is 2. The first kappa shape index (κ1) is 15.7. The van der Waals surface area contributed by atoms with E-state index in [1.54, 1.807) is 13.0 Å². The summed E-state index contributed by atoms with van der Waals surface area (Å²) in [4.78, 5) is 22.8. The van der Waals surface area contributed by atoms with Crippen molar-refractivity contribution >= 4 is 11.9 Å². The molecule has 1 atom stereocenters. The van der Waals surface area contributed by atoms with Crippen LogP contribution in [0.1, 0.15) is 34.6 Å². The van der Waals surface area contributed by atoms with Gasteiger partial charge < -0.3 is 19.7 Å². The van der Waals surface area contributed by atoms with E-state index < -0.39 is 24.3 Å². The van der Waals surface area contributed by atoms with Crippen molar-refractivity contribution in [3.8, 4) is 0 Å². The number of aromatic carboxylic acids is 1. The molecule has 1 rings (SSSR count). The molecule has 0 aliphatic rings. The van der Waals surface area contributed by atoms with Crippen LogP contribution in [0.15, 0.2) is 36.6 Å². The lowest BCUT2D eigenvalue weighted by molar-refractivity contribution is -0.178. The number of allylic oxidation sites excluding steroid dienone is 1. The first-order valence-electron chi connectivity index (χ1n) is 5.88. The second-order valence-corrected chi connectivity index (χ2v) is 4.19. The molecular weight excluding hydrogens is 264 g/mol. The molecule has 0 fully saturated rings. The van der Waals surface area contributed by atoms with Crippen LogP contribution in [0.5, 0.6) is 0 Å². The number of carbonyl (C=O) groups is 2. The Labute approximate surface area is 116 Å². The molecule has 1 aromatic carbocycles. The Morgan fingerprint density at radius 3 is 2.45 bits per heavy atom. The highest BCUT2D eigenvalue weighted by Gasteiger charge is 2.25. The molecule has 0 saturated carbocycles. The highest BCUT2D eigenvalue weighted by atomic mass is 16.6. The number of esters is 1. The van der Waals surface area contributed by atoms with Crippen molar-refractivity contribution in [2.24, 2.45) is 0 Å². The molecule has 0 heterocycles. The molecule has 6 nitrogen and oxygen atoms in total. The van der Waals surface area contributed by atoms with Gasteiger partial charge in [-0.05, 0) is 19.1 Å². The van der Waals surface area contributed by atoms with E-state index in [2.05, 4.69) is 0 Å². The van der Waals surface area contributed by atoms with Crippen LogP contribution < -0.4 is 0 Å². The molecule has 1 unspecified atom stereocenters. The lowest BCUT2D eigenvalue weighted by Crippen LogP contribution is -2.33. The average molecular weight is 280 g/mol. The van der Waals surface area contributed by atoms with Crippen molar-refractivity contribution in [1.82, 2.24) is 0 Å². The maximum Gasteiger partial charge on any atom is 0.339 e. The number of carboxylic acid groups (broad SMARTS) is 1. The Hall–Kier alpha value is -2.34. The molecule has 1 aromatic rings. The summed E-state index contributed by atoms with van der Waals surface area (Å²) in [6, 6.07) is 5.67. The minimum Gasteiger partial charge on any atom is -0.478 e. The van der Waals surface area contributed by atoms with Crippen LogP contribution in [-0.4, -0.2) is 34.5 Å². The lowest BCUT2D eigenvalue weighted by atomic mass is 10.1. The van der Waals surface area contributed by atoms with E-state index in [9.17, 15) is 14.7 Å². The topological polar surface area (TPSA) is 93.1 Å². The zero-order valence-corrected chi connectivity index (χ0v) is 11.2. The van der Waals surface area contributed by atoms with Gasteiger partial charge >= 0.3 is 11.9 Å². The van der Waals surface area contributed by atoms with E-state index in [1.807, 2.05) is 0 Å². The maximum atomic E-state index is 11.8. The standard InChI is InChI=1S/C14H16O6/c1-3-8-20-14(2,18)9-19-13(17)11-7-5-4-6-10(11)12(15)16/h3-8,18H,9H2,1-2H3,(H,15,16). The van der Waals surface area contributed by atoms with E-state index in [1.165, 1.54) is 37.5 Å². The Bertz CT molecular complexity index is 518. The van der Waals surface area contributed by atoms with Crippen molar-refractivity contribution in [1.29, 1.82) is 0 Å². The Morgan fingerprint density at radius 2 is 1.90 bits per heavy atom. The van der Waals surface area contributed by atoms with E-state index >= 15 is 0 Å². The molecule has 0 spiro atoms. The second kappa shape index (κ2) is 6.72. The van der Waals surface area contributed by atoms with E-state index in [-0.39, 0.29) is 11.1 Å². The zero-order valence-electron chi connectivity index (χ0n) is 11.2. The van der Waals surface area contributed by atoms with Crippen molar-refractivity contribution in [3.05, 3.63) is 47.7 Å². The third-order valence-electron chi connectivity index (χ3n) is 2.31. The summed E-state index contributed by atoms with van der Waals surface area (Å²) < 4.78 is 9.79. The van der Waals surface area contributed by atoms with Crippen molar-refractivity contribution in [2.45, 2.75) is 19.6 Å². The van der Waals surface area contributed by atoms with Crippen molar-refractivity contribution in [3.63, 3.8) is 0 Å². The van der Waals surface area contributed by atoms with Gasteiger partial charge in [0.2, 0.25) is 5.79 Å². The summed E-state index contributed by atoms with van der Waals surface area (Å²) in [5.41, 5.74) is -0.242. The highest BCUT2D eigenvalue weighted by Crippen LogP contribution is 2.13. The number of carbonyl (C=O) groups excluding carboxylic acids is 1. The second-order valence-electron chi connectivity index (χ2n) is 4.19. The minimum atomic E-state index is -1.68. The first-order valence-corrected chi connectivity index (χ1v) is 5.88. The number of hydrogen-bond acceptors (Lipinski definition) is 5. The third-order valence-corrected chi connectivity index (χ3v) is 2.31. The first-order chi connectivity index (χ1) is 9.37. The Morgan fingerprint density at radius 1 is 1.30 bits per heavy atom. The number of ether oxygens (including phenoxy) is 2. The Kier molecular flexibility index (Phi) is 5.28. The fourth-order valence-electron chi connectivity index (χ4n) is 1.37. The number of rotatable bonds is 6. The van der Waals surface area contributed by atoms with Gasteiger partial charge in [0.1, 0.15) is 0 Å². The van der Waals surface area contributed by atoms with Gasteiger partial charge in [0.05, 0.1) is 17.4 Å². The minimum absolute atomic E-state index is 0.0816. The monoisotopic (exact) mass is 280 g/mol. The highest BCUT2D eigenvalue weighted by molar-refractivity contribution is 6.02. The molecule has 0 aliphatic heterocycles. The van der Waals surface area contributed by atoms with Crippen LogP contribution in [0.3, 0.4) is 0 Å². The van der Waals surface area contributed by atoms with Crippen molar-refractivity contribution < 1.29 is 29.3 Å². The van der Waals surface area contributed by atoms with Gasteiger partial charge in [-0.1, -0.05) is 18.2 Å². The fraction of sp³-hybridized carbons (Fsp3) is 0.286. The maximum absolute atomic E-state index is 11.8. The van der Waals surface area contributed by atoms with Gasteiger partial charge in [-0.15, -0.1) is 0 Å². The molecule has 0 saturated heterocycles. The van der Waals surface area contributed by atoms with Crippen LogP contribution in [0.25, 0.3) is 0 Å². The quantitative estimate of drug-likeness (QED) is 0.469. The average Bonchev–Trinajstić information content (AvgIpc) is 2.42. The molecule has 0 aliphatic carbocycles. The third kappa shape index (κ3) is 4.40. The van der Waals surface area contributed by atoms with E-state index in [0.29, 0.717) is 0 Å². The van der Waals surface area contributed by atoms with Gasteiger partial charge in [-0.25, -0.2) is 9.59 Å². The smallest absolute Gasteiger partial charge is 0.339 e. The van der Waals surface area contributed by atoms with Crippen LogP contribution >= 0.6 is 0 Å². The van der Waals surface area contributed by atoms with E-state index in [0.717, 1.165) is 0 Å². The van der Waals surface area contributed by atoms with Gasteiger partial charge in [-0.3, -0.25) is 0 Å². The summed E-state index contributed by atoms with van der Waals surface area (Å²) >= 11 is 0. The molecule has 2 N–H and O–H groups in total. The van der Waals surface area contributed by atoms with Crippen molar-refractivity contribution in [2.75, 3.05) is 6.61 Å². The number of benzene rings is 1. The van der Waals surface area contributed by atoms with Crippen LogP contribution in [0, 0.1) is 0 Å². The molecule has 0 aromatic heterocycles. The summed E-state index contributed by atoms with van der Waals surface area (Å²) in [5.74, 6) is -3.75. The molecular formula is C14H16O6. The van der Waals surface area contributed by atoms with Crippen LogP contribution in [0.4, 0.5) is 0 Å². The summed E-state index contributed by atoms with van der Waals surface area (Å²) in [7, 11) is 0. The predicted octanol–water partition coefficient (Wildman–Crippen LogP) is 1.80.